The first-order valence-corrected chi connectivity index (χ1v) is 12.8. The van der Waals surface area contributed by atoms with E-state index < -0.39 is 10.0 Å². The first-order chi connectivity index (χ1) is 15.4. The third-order valence-electron chi connectivity index (χ3n) is 6.30. The van der Waals surface area contributed by atoms with E-state index in [1.165, 1.54) is 4.31 Å². The highest BCUT2D eigenvalue weighted by molar-refractivity contribution is 7.89. The summed E-state index contributed by atoms with van der Waals surface area (Å²) < 4.78 is 33.0. The molecule has 32 heavy (non-hydrogen) atoms. The van der Waals surface area contributed by atoms with Gasteiger partial charge in [-0.2, -0.15) is 4.31 Å². The topological polar surface area (TPSA) is 79.8 Å². The van der Waals surface area contributed by atoms with E-state index in [1.54, 1.807) is 30.5 Å². The molecule has 0 radical (unpaired) electrons. The summed E-state index contributed by atoms with van der Waals surface area (Å²) in [5.41, 5.74) is 0.892. The second-order valence-electron chi connectivity index (χ2n) is 8.49. The molecule has 2 fully saturated rings. The van der Waals surface area contributed by atoms with Crippen LogP contribution in [0.1, 0.15) is 51.3 Å². The average Bonchev–Trinajstić information content (AvgIpc) is 3.65. The van der Waals surface area contributed by atoms with Crippen molar-refractivity contribution in [3.8, 4) is 5.75 Å². The van der Waals surface area contributed by atoms with Gasteiger partial charge in [0.2, 0.25) is 15.9 Å². The highest BCUT2D eigenvalue weighted by atomic mass is 32.2. The van der Waals surface area contributed by atoms with Crippen LogP contribution in [0, 0.1) is 5.92 Å². The Hall–Kier alpha value is -2.45. The molecule has 0 unspecified atom stereocenters. The Morgan fingerprint density at radius 1 is 1.12 bits per heavy atom. The van der Waals surface area contributed by atoms with E-state index in [2.05, 4.69) is 4.98 Å². The van der Waals surface area contributed by atoms with Gasteiger partial charge in [0, 0.05) is 31.2 Å². The van der Waals surface area contributed by atoms with Crippen molar-refractivity contribution in [3.05, 3.63) is 54.4 Å². The Balaban J connectivity index is 1.41. The predicted octanol–water partition coefficient (Wildman–Crippen LogP) is 3.63. The van der Waals surface area contributed by atoms with Gasteiger partial charge in [0.05, 0.1) is 23.2 Å². The number of benzene rings is 1. The second kappa shape index (κ2) is 9.58. The van der Waals surface area contributed by atoms with Crippen molar-refractivity contribution in [3.63, 3.8) is 0 Å². The molecular formula is C24H31N3O4S. The lowest BCUT2D eigenvalue weighted by molar-refractivity contribution is -0.139. The minimum Gasteiger partial charge on any atom is -0.494 e. The molecule has 1 atom stereocenters. The predicted molar refractivity (Wildman–Crippen MR) is 122 cm³/mol. The summed E-state index contributed by atoms with van der Waals surface area (Å²) in [5, 5.41) is 0. The number of nitrogens with zero attached hydrogens (tertiary/aromatic N) is 3. The van der Waals surface area contributed by atoms with E-state index in [0.29, 0.717) is 38.3 Å². The molecule has 1 aliphatic heterocycles. The van der Waals surface area contributed by atoms with Crippen molar-refractivity contribution < 1.29 is 17.9 Å². The molecule has 0 N–H and O–H groups in total. The van der Waals surface area contributed by atoms with Gasteiger partial charge < -0.3 is 9.64 Å². The quantitative estimate of drug-likeness (QED) is 0.605. The van der Waals surface area contributed by atoms with Crippen LogP contribution >= 0.6 is 0 Å². The summed E-state index contributed by atoms with van der Waals surface area (Å²) >= 11 is 0. The van der Waals surface area contributed by atoms with E-state index in [0.717, 1.165) is 18.5 Å². The fourth-order valence-electron chi connectivity index (χ4n) is 4.38. The van der Waals surface area contributed by atoms with Crippen LogP contribution < -0.4 is 4.74 Å². The molecule has 2 heterocycles. The van der Waals surface area contributed by atoms with E-state index in [1.807, 2.05) is 36.9 Å². The van der Waals surface area contributed by atoms with Crippen LogP contribution in [0.25, 0.3) is 0 Å². The maximum Gasteiger partial charge on any atom is 0.243 e. The Morgan fingerprint density at radius 3 is 2.38 bits per heavy atom. The summed E-state index contributed by atoms with van der Waals surface area (Å²) in [6.07, 6.45) is 4.87. The number of carbonyl (C=O) groups is 1. The number of piperidine rings is 1. The number of aromatic nitrogens is 1. The third-order valence-corrected chi connectivity index (χ3v) is 8.22. The molecule has 4 rings (SSSR count). The summed E-state index contributed by atoms with van der Waals surface area (Å²) in [7, 11) is -3.58. The molecule has 1 aliphatic carbocycles. The number of amides is 1. The van der Waals surface area contributed by atoms with E-state index in [-0.39, 0.29) is 28.8 Å². The van der Waals surface area contributed by atoms with Crippen molar-refractivity contribution in [1.82, 2.24) is 14.2 Å². The van der Waals surface area contributed by atoms with Gasteiger partial charge in [-0.1, -0.05) is 6.07 Å². The fourth-order valence-corrected chi connectivity index (χ4v) is 5.85. The summed E-state index contributed by atoms with van der Waals surface area (Å²) in [6.45, 7) is 5.15. The zero-order valence-electron chi connectivity index (χ0n) is 18.7. The van der Waals surface area contributed by atoms with Crippen LogP contribution in [0.15, 0.2) is 53.6 Å². The number of hydrogen-bond acceptors (Lipinski definition) is 5. The molecule has 2 aromatic rings. The number of ether oxygens (including phenoxy) is 1. The zero-order chi connectivity index (χ0) is 22.7. The van der Waals surface area contributed by atoms with E-state index in [9.17, 15) is 13.2 Å². The number of carbonyl (C=O) groups excluding carboxylic acids is 1. The van der Waals surface area contributed by atoms with Crippen LogP contribution in [0.3, 0.4) is 0 Å². The molecule has 172 valence electrons. The minimum absolute atomic E-state index is 0.0817. The van der Waals surface area contributed by atoms with Gasteiger partial charge in [-0.05, 0) is 75.9 Å². The number of sulfonamides is 1. The molecule has 1 aromatic carbocycles. The van der Waals surface area contributed by atoms with Crippen LogP contribution in [-0.4, -0.2) is 54.3 Å². The molecule has 1 saturated carbocycles. The van der Waals surface area contributed by atoms with Gasteiger partial charge in [-0.3, -0.25) is 9.78 Å². The molecule has 0 bridgehead atoms. The Labute approximate surface area is 190 Å². The molecule has 7 nitrogen and oxygen atoms in total. The Morgan fingerprint density at radius 2 is 1.81 bits per heavy atom. The summed E-state index contributed by atoms with van der Waals surface area (Å²) in [6, 6.07) is 12.5. The molecule has 0 spiro atoms. The summed E-state index contributed by atoms with van der Waals surface area (Å²) in [4.78, 5) is 20.1. The van der Waals surface area contributed by atoms with Crippen molar-refractivity contribution >= 4 is 15.9 Å². The van der Waals surface area contributed by atoms with Crippen molar-refractivity contribution in [2.75, 3.05) is 19.7 Å². The number of hydrogen-bond donors (Lipinski definition) is 0. The SMILES string of the molecule is CCOc1ccc(S(=O)(=O)N2CCC(C(=O)N(C3CC3)[C@H](C)c3ccccn3)CC2)cc1. The van der Waals surface area contributed by atoms with Crippen molar-refractivity contribution in [2.24, 2.45) is 5.92 Å². The smallest absolute Gasteiger partial charge is 0.243 e. The van der Waals surface area contributed by atoms with E-state index in [4.69, 9.17) is 4.74 Å². The standard InChI is InChI=1S/C24H31N3O4S/c1-3-31-21-9-11-22(12-10-21)32(29,30)26-16-13-19(14-17-26)24(28)27(20-7-8-20)18(2)23-6-4-5-15-25-23/h4-6,9-12,15,18-20H,3,7-8,13-14,16-17H2,1-2H3/t18-/m1/s1. The Kier molecular flexibility index (Phi) is 6.81. The molecule has 2 aliphatic rings. The second-order valence-corrected chi connectivity index (χ2v) is 10.4. The average molecular weight is 458 g/mol. The maximum atomic E-state index is 13.4. The fraction of sp³-hybridized carbons (Fsp3) is 0.500. The van der Waals surface area contributed by atoms with Crippen LogP contribution in [-0.2, 0) is 14.8 Å². The Bertz CT molecular complexity index is 1010. The van der Waals surface area contributed by atoms with Crippen LogP contribution in [0.4, 0.5) is 0 Å². The van der Waals surface area contributed by atoms with Gasteiger partial charge in [0.25, 0.3) is 0 Å². The van der Waals surface area contributed by atoms with Gasteiger partial charge in [0.1, 0.15) is 5.75 Å². The molecular weight excluding hydrogens is 426 g/mol. The lowest BCUT2D eigenvalue weighted by Crippen LogP contribution is -2.45. The highest BCUT2D eigenvalue weighted by Gasteiger charge is 2.41. The van der Waals surface area contributed by atoms with Crippen molar-refractivity contribution in [2.45, 2.75) is 56.5 Å². The lowest BCUT2D eigenvalue weighted by Gasteiger charge is -2.36. The molecule has 1 amide bonds. The highest BCUT2D eigenvalue weighted by Crippen LogP contribution is 2.37. The minimum atomic E-state index is -3.58. The van der Waals surface area contributed by atoms with Gasteiger partial charge in [-0.15, -0.1) is 0 Å². The molecule has 1 aromatic heterocycles. The van der Waals surface area contributed by atoms with Crippen LogP contribution in [0.5, 0.6) is 5.75 Å². The zero-order valence-corrected chi connectivity index (χ0v) is 19.5. The number of rotatable bonds is 8. The van der Waals surface area contributed by atoms with Gasteiger partial charge in [-0.25, -0.2) is 8.42 Å². The summed E-state index contributed by atoms with van der Waals surface area (Å²) in [5.74, 6) is 0.621. The van der Waals surface area contributed by atoms with Crippen LogP contribution in [0.2, 0.25) is 0 Å². The lowest BCUT2D eigenvalue weighted by atomic mass is 9.95. The first-order valence-electron chi connectivity index (χ1n) is 11.4. The monoisotopic (exact) mass is 457 g/mol. The first kappa shape index (κ1) is 22.7. The van der Waals surface area contributed by atoms with Gasteiger partial charge in [0.15, 0.2) is 0 Å². The largest absolute Gasteiger partial charge is 0.494 e. The van der Waals surface area contributed by atoms with Gasteiger partial charge >= 0.3 is 0 Å². The van der Waals surface area contributed by atoms with Crippen molar-refractivity contribution in [1.29, 1.82) is 0 Å². The maximum absolute atomic E-state index is 13.4. The third kappa shape index (κ3) is 4.81. The molecule has 8 heteroatoms. The molecule has 1 saturated heterocycles. The van der Waals surface area contributed by atoms with E-state index >= 15 is 0 Å². The normalized spacial score (nSPS) is 18.8. The number of pyridine rings is 1.